The highest BCUT2D eigenvalue weighted by Crippen LogP contribution is 2.27. The number of rotatable bonds is 2. The zero-order valence-corrected chi connectivity index (χ0v) is 12.5. The molecule has 6 heteroatoms. The van der Waals surface area contributed by atoms with Crippen LogP contribution in [0.1, 0.15) is 21.6 Å². The smallest absolute Gasteiger partial charge is 0.360 e. The lowest BCUT2D eigenvalue weighted by molar-refractivity contribution is 0.0596. The molecule has 1 aromatic carbocycles. The molecular weight excluding hydrogens is 310 g/mol. The minimum absolute atomic E-state index is 0.129. The minimum atomic E-state index is -0.538. The predicted octanol–water partition coefficient (Wildman–Crippen LogP) is 2.62. The van der Waals surface area contributed by atoms with Gasteiger partial charge in [0.05, 0.1) is 12.8 Å². The van der Waals surface area contributed by atoms with Crippen molar-refractivity contribution in [2.24, 2.45) is 0 Å². The van der Waals surface area contributed by atoms with Gasteiger partial charge >= 0.3 is 5.97 Å². The molecule has 100 valence electrons. The van der Waals surface area contributed by atoms with Gasteiger partial charge in [0.15, 0.2) is 5.69 Å². The van der Waals surface area contributed by atoms with Gasteiger partial charge in [0.1, 0.15) is 12.1 Å². The summed E-state index contributed by atoms with van der Waals surface area (Å²) >= 11 is 3.45. The number of halogens is 1. The van der Waals surface area contributed by atoms with Crippen molar-refractivity contribution in [1.29, 1.82) is 0 Å². The van der Waals surface area contributed by atoms with E-state index < -0.39 is 5.97 Å². The Kier molecular flexibility index (Phi) is 3.61. The van der Waals surface area contributed by atoms with Crippen LogP contribution < -0.4 is 5.73 Å². The van der Waals surface area contributed by atoms with E-state index in [2.05, 4.69) is 25.7 Å². The summed E-state index contributed by atoms with van der Waals surface area (Å²) in [6, 6.07) is 3.97. The number of hydrogen-bond acceptors (Lipinski definition) is 4. The molecule has 0 aliphatic heterocycles. The first kappa shape index (κ1) is 13.6. The number of nitrogen functional groups attached to an aromatic ring is 1. The molecule has 0 saturated heterocycles. The fraction of sp³-hybridized carbons (Fsp3) is 0.231. The van der Waals surface area contributed by atoms with Crippen LogP contribution in [0.25, 0.3) is 5.69 Å². The van der Waals surface area contributed by atoms with Gasteiger partial charge in [0.2, 0.25) is 0 Å². The van der Waals surface area contributed by atoms with Crippen LogP contribution >= 0.6 is 15.9 Å². The molecule has 0 radical (unpaired) electrons. The van der Waals surface area contributed by atoms with Gasteiger partial charge in [-0.25, -0.2) is 9.78 Å². The highest BCUT2D eigenvalue weighted by Gasteiger charge is 2.18. The van der Waals surface area contributed by atoms with Crippen molar-refractivity contribution in [3.63, 3.8) is 0 Å². The van der Waals surface area contributed by atoms with E-state index in [1.165, 1.54) is 13.4 Å². The zero-order valence-electron chi connectivity index (χ0n) is 10.9. The molecule has 2 rings (SSSR count). The highest BCUT2D eigenvalue weighted by molar-refractivity contribution is 9.10. The van der Waals surface area contributed by atoms with Gasteiger partial charge in [-0.15, -0.1) is 0 Å². The Bertz CT molecular complexity index is 626. The molecule has 0 atom stereocenters. The van der Waals surface area contributed by atoms with E-state index in [0.29, 0.717) is 0 Å². The Balaban J connectivity index is 2.61. The number of nitrogens with zero attached hydrogens (tertiary/aromatic N) is 2. The van der Waals surface area contributed by atoms with Crippen molar-refractivity contribution < 1.29 is 9.53 Å². The average Bonchev–Trinajstić information content (AvgIpc) is 2.69. The predicted molar refractivity (Wildman–Crippen MR) is 76.5 cm³/mol. The number of carbonyl (C=O) groups excluding carboxylic acids is 1. The van der Waals surface area contributed by atoms with E-state index in [4.69, 9.17) is 5.73 Å². The lowest BCUT2D eigenvalue weighted by Crippen LogP contribution is -2.08. The van der Waals surface area contributed by atoms with Gasteiger partial charge in [0.25, 0.3) is 0 Å². The summed E-state index contributed by atoms with van der Waals surface area (Å²) in [7, 11) is 1.30. The molecule has 0 aliphatic rings. The first-order chi connectivity index (χ1) is 8.95. The lowest BCUT2D eigenvalue weighted by Gasteiger charge is -2.13. The molecule has 1 aromatic heterocycles. The summed E-state index contributed by atoms with van der Waals surface area (Å²) in [6.45, 7) is 3.95. The monoisotopic (exact) mass is 323 g/mol. The summed E-state index contributed by atoms with van der Waals surface area (Å²) < 4.78 is 7.34. The van der Waals surface area contributed by atoms with Crippen LogP contribution in [-0.4, -0.2) is 22.6 Å². The van der Waals surface area contributed by atoms with E-state index >= 15 is 0 Å². The SMILES string of the molecule is COC(=O)c1ncn(-c2c(C)cc(Br)cc2C)c1N. The Hall–Kier alpha value is -1.82. The molecule has 19 heavy (non-hydrogen) atoms. The summed E-state index contributed by atoms with van der Waals surface area (Å²) in [6.07, 6.45) is 1.53. The van der Waals surface area contributed by atoms with Gasteiger partial charge < -0.3 is 10.5 Å². The molecule has 2 aromatic rings. The normalized spacial score (nSPS) is 10.5. The summed E-state index contributed by atoms with van der Waals surface area (Å²) in [4.78, 5) is 15.5. The Labute approximate surface area is 119 Å². The second kappa shape index (κ2) is 5.05. The molecule has 5 nitrogen and oxygen atoms in total. The number of carbonyl (C=O) groups is 1. The molecule has 0 aliphatic carbocycles. The highest BCUT2D eigenvalue weighted by atomic mass is 79.9. The van der Waals surface area contributed by atoms with Gasteiger partial charge in [-0.1, -0.05) is 15.9 Å². The van der Waals surface area contributed by atoms with Crippen molar-refractivity contribution in [2.75, 3.05) is 12.8 Å². The average molecular weight is 324 g/mol. The number of aryl methyl sites for hydroxylation is 2. The molecule has 0 fully saturated rings. The number of aromatic nitrogens is 2. The van der Waals surface area contributed by atoms with E-state index in [0.717, 1.165) is 21.3 Å². The molecule has 0 spiro atoms. The number of ether oxygens (including phenoxy) is 1. The summed E-state index contributed by atoms with van der Waals surface area (Å²) in [5.41, 5.74) is 9.09. The number of esters is 1. The first-order valence-corrected chi connectivity index (χ1v) is 6.43. The summed E-state index contributed by atoms with van der Waals surface area (Å²) in [5.74, 6) is -0.260. The number of methoxy groups -OCH3 is 1. The van der Waals surface area contributed by atoms with Crippen LogP contribution in [0.3, 0.4) is 0 Å². The number of hydrogen-bond donors (Lipinski definition) is 1. The molecule has 0 saturated carbocycles. The molecule has 1 heterocycles. The topological polar surface area (TPSA) is 70.1 Å². The third-order valence-corrected chi connectivity index (χ3v) is 3.34. The number of benzene rings is 1. The van der Waals surface area contributed by atoms with Crippen molar-refractivity contribution in [1.82, 2.24) is 9.55 Å². The van der Waals surface area contributed by atoms with Gasteiger partial charge in [-0.2, -0.15) is 0 Å². The Morgan fingerprint density at radius 3 is 2.47 bits per heavy atom. The third kappa shape index (κ3) is 2.35. The van der Waals surface area contributed by atoms with Crippen LogP contribution in [0.15, 0.2) is 22.9 Å². The Morgan fingerprint density at radius 1 is 1.37 bits per heavy atom. The van der Waals surface area contributed by atoms with Crippen molar-refractivity contribution in [3.05, 3.63) is 39.8 Å². The van der Waals surface area contributed by atoms with Crippen LogP contribution in [-0.2, 0) is 4.74 Å². The maximum absolute atomic E-state index is 11.5. The fourth-order valence-electron chi connectivity index (χ4n) is 2.07. The van der Waals surface area contributed by atoms with E-state index in [1.54, 1.807) is 4.57 Å². The number of nitrogens with two attached hydrogens (primary N) is 1. The maximum Gasteiger partial charge on any atom is 0.360 e. The molecular formula is C13H14BrN3O2. The molecule has 0 unspecified atom stereocenters. The van der Waals surface area contributed by atoms with Crippen LogP contribution in [0.2, 0.25) is 0 Å². The molecule has 0 bridgehead atoms. The van der Waals surface area contributed by atoms with Crippen LogP contribution in [0.4, 0.5) is 5.82 Å². The van der Waals surface area contributed by atoms with Gasteiger partial charge in [-0.3, -0.25) is 4.57 Å². The van der Waals surface area contributed by atoms with Gasteiger partial charge in [0, 0.05) is 4.47 Å². The van der Waals surface area contributed by atoms with E-state index in [9.17, 15) is 4.79 Å². The van der Waals surface area contributed by atoms with Crippen molar-refractivity contribution >= 4 is 27.7 Å². The van der Waals surface area contributed by atoms with Crippen LogP contribution in [0, 0.1) is 13.8 Å². The lowest BCUT2D eigenvalue weighted by atomic mass is 10.1. The first-order valence-electron chi connectivity index (χ1n) is 5.64. The van der Waals surface area contributed by atoms with E-state index in [1.807, 2.05) is 26.0 Å². The van der Waals surface area contributed by atoms with E-state index in [-0.39, 0.29) is 11.5 Å². The largest absolute Gasteiger partial charge is 0.464 e. The maximum atomic E-state index is 11.5. The third-order valence-electron chi connectivity index (χ3n) is 2.88. The quantitative estimate of drug-likeness (QED) is 0.862. The number of anilines is 1. The minimum Gasteiger partial charge on any atom is -0.464 e. The van der Waals surface area contributed by atoms with Gasteiger partial charge in [-0.05, 0) is 37.1 Å². The second-order valence-electron chi connectivity index (χ2n) is 4.23. The Morgan fingerprint density at radius 2 is 1.95 bits per heavy atom. The fourth-order valence-corrected chi connectivity index (χ4v) is 2.76. The van der Waals surface area contributed by atoms with Crippen LogP contribution in [0.5, 0.6) is 0 Å². The van der Waals surface area contributed by atoms with Crippen molar-refractivity contribution in [2.45, 2.75) is 13.8 Å². The zero-order chi connectivity index (χ0) is 14.2. The summed E-state index contributed by atoms with van der Waals surface area (Å²) in [5, 5.41) is 0. The standard InChI is InChI=1S/C13H14BrN3O2/c1-7-4-9(14)5-8(2)11(7)17-6-16-10(12(17)15)13(18)19-3/h4-6H,15H2,1-3H3. The number of imidazole rings is 1. The second-order valence-corrected chi connectivity index (χ2v) is 5.14. The van der Waals surface area contributed by atoms with Crippen molar-refractivity contribution in [3.8, 4) is 5.69 Å². The molecule has 2 N–H and O–H groups in total. The molecule has 0 amide bonds.